The van der Waals surface area contributed by atoms with E-state index in [1.165, 1.54) is 36.4 Å². The molecule has 0 atom stereocenters. The van der Waals surface area contributed by atoms with E-state index in [-0.39, 0.29) is 39.4 Å². The predicted molar refractivity (Wildman–Crippen MR) is 107 cm³/mol. The van der Waals surface area contributed by atoms with Gasteiger partial charge in [0.2, 0.25) is 0 Å². The number of carbonyl (C=O) groups is 4. The summed E-state index contributed by atoms with van der Waals surface area (Å²) >= 11 is 0. The molecule has 0 saturated heterocycles. The van der Waals surface area contributed by atoms with Crippen molar-refractivity contribution in [2.24, 2.45) is 0 Å². The lowest BCUT2D eigenvalue weighted by Gasteiger charge is -2.13. The predicted octanol–water partition coefficient (Wildman–Crippen LogP) is 3.28. The zero-order valence-corrected chi connectivity index (χ0v) is 15.6. The molecule has 4 rings (SSSR count). The third kappa shape index (κ3) is 3.48. The fourth-order valence-corrected chi connectivity index (χ4v) is 3.17. The number of nitrogens with zero attached hydrogens (tertiary/aromatic N) is 1. The molecule has 0 saturated carbocycles. The number of carboxylic acid groups (broad SMARTS) is 1. The number of anilines is 2. The average Bonchev–Trinajstić information content (AvgIpc) is 3.00. The summed E-state index contributed by atoms with van der Waals surface area (Å²) in [7, 11) is 0. The van der Waals surface area contributed by atoms with Crippen LogP contribution in [0.5, 0.6) is 5.75 Å². The summed E-state index contributed by atoms with van der Waals surface area (Å²) in [6.07, 6.45) is 0. The van der Waals surface area contributed by atoms with Crippen molar-refractivity contribution in [2.45, 2.75) is 0 Å². The quantitative estimate of drug-likeness (QED) is 0.440. The molecule has 3 aromatic rings. The van der Waals surface area contributed by atoms with E-state index in [9.17, 15) is 28.7 Å². The maximum Gasteiger partial charge on any atom is 0.335 e. The van der Waals surface area contributed by atoms with Gasteiger partial charge in [-0.2, -0.15) is 0 Å². The molecule has 1 heterocycles. The van der Waals surface area contributed by atoms with Crippen LogP contribution in [0.3, 0.4) is 0 Å². The van der Waals surface area contributed by atoms with Crippen LogP contribution in [0.1, 0.15) is 41.4 Å². The Morgan fingerprint density at radius 3 is 2.16 bits per heavy atom. The molecule has 31 heavy (non-hydrogen) atoms. The molecule has 0 aromatic heterocycles. The number of rotatable bonds is 4. The van der Waals surface area contributed by atoms with E-state index in [1.54, 1.807) is 0 Å². The summed E-state index contributed by atoms with van der Waals surface area (Å²) in [6.45, 7) is 0. The summed E-state index contributed by atoms with van der Waals surface area (Å²) in [5.74, 6) is -4.09. The molecule has 3 N–H and O–H groups in total. The highest BCUT2D eigenvalue weighted by Gasteiger charge is 2.37. The topological polar surface area (TPSA) is 124 Å². The van der Waals surface area contributed by atoms with Gasteiger partial charge in [-0.1, -0.05) is 0 Å². The Hall–Kier alpha value is -4.53. The van der Waals surface area contributed by atoms with Crippen molar-refractivity contribution in [3.8, 4) is 5.75 Å². The summed E-state index contributed by atoms with van der Waals surface area (Å²) in [5.41, 5.74) is 0.0144. The Kier molecular flexibility index (Phi) is 4.70. The third-order valence-electron chi connectivity index (χ3n) is 4.73. The number of nitrogens with one attached hydrogen (secondary N) is 1. The van der Waals surface area contributed by atoms with Gasteiger partial charge in [0, 0.05) is 5.56 Å². The van der Waals surface area contributed by atoms with Crippen LogP contribution in [-0.2, 0) is 0 Å². The molecule has 1 aliphatic heterocycles. The molecular weight excluding hydrogens is 407 g/mol. The number of amides is 3. The van der Waals surface area contributed by atoms with Crippen molar-refractivity contribution < 1.29 is 33.8 Å². The second kappa shape index (κ2) is 7.38. The summed E-state index contributed by atoms with van der Waals surface area (Å²) in [6, 6.07) is 12.1. The van der Waals surface area contributed by atoms with E-state index in [0.29, 0.717) is 0 Å². The Morgan fingerprint density at radius 2 is 1.48 bits per heavy atom. The maximum atomic E-state index is 13.2. The molecule has 8 nitrogen and oxygen atoms in total. The van der Waals surface area contributed by atoms with Gasteiger partial charge < -0.3 is 15.5 Å². The molecular formula is C22H13FN2O6. The molecule has 9 heteroatoms. The Bertz CT molecular complexity index is 1270. The van der Waals surface area contributed by atoms with Gasteiger partial charge in [0.1, 0.15) is 11.6 Å². The minimum atomic E-state index is -1.24. The number of imide groups is 1. The van der Waals surface area contributed by atoms with Crippen molar-refractivity contribution >= 4 is 35.1 Å². The first-order valence-corrected chi connectivity index (χ1v) is 8.92. The van der Waals surface area contributed by atoms with Gasteiger partial charge >= 0.3 is 5.97 Å². The highest BCUT2D eigenvalue weighted by atomic mass is 19.1. The highest BCUT2D eigenvalue weighted by molar-refractivity contribution is 6.34. The summed E-state index contributed by atoms with van der Waals surface area (Å²) in [5, 5.41) is 21.3. The van der Waals surface area contributed by atoms with E-state index in [2.05, 4.69) is 5.32 Å². The number of hydrogen-bond donors (Lipinski definition) is 3. The van der Waals surface area contributed by atoms with E-state index in [0.717, 1.165) is 29.2 Å². The average molecular weight is 420 g/mol. The Morgan fingerprint density at radius 1 is 0.839 bits per heavy atom. The Labute approximate surface area is 174 Å². The van der Waals surface area contributed by atoms with Gasteiger partial charge in [-0.3, -0.25) is 14.4 Å². The number of benzene rings is 3. The molecule has 0 fully saturated rings. The van der Waals surface area contributed by atoms with Crippen LogP contribution in [0.4, 0.5) is 15.8 Å². The van der Waals surface area contributed by atoms with E-state index in [4.69, 9.17) is 5.11 Å². The van der Waals surface area contributed by atoms with Crippen molar-refractivity contribution in [3.05, 3.63) is 88.7 Å². The van der Waals surface area contributed by atoms with Gasteiger partial charge in [0.15, 0.2) is 0 Å². The van der Waals surface area contributed by atoms with Gasteiger partial charge in [-0.05, 0) is 60.7 Å². The first-order chi connectivity index (χ1) is 14.8. The van der Waals surface area contributed by atoms with Crippen molar-refractivity contribution in [3.63, 3.8) is 0 Å². The lowest BCUT2D eigenvalue weighted by atomic mass is 10.1. The van der Waals surface area contributed by atoms with Crippen LogP contribution in [-0.4, -0.2) is 33.9 Å². The SMILES string of the molecule is O=C(O)c1ccc(O)c(NC(=O)c2ccc3c(c2)C(=O)N(c2ccc(F)cc2)C3=O)c1. The molecule has 0 spiro atoms. The minimum absolute atomic E-state index is 0.00881. The summed E-state index contributed by atoms with van der Waals surface area (Å²) < 4.78 is 13.2. The van der Waals surface area contributed by atoms with Crippen LogP contribution in [0.25, 0.3) is 0 Å². The number of aromatic hydroxyl groups is 1. The number of fused-ring (bicyclic) bond motifs is 1. The fourth-order valence-electron chi connectivity index (χ4n) is 3.17. The first-order valence-electron chi connectivity index (χ1n) is 8.92. The van der Waals surface area contributed by atoms with Crippen molar-refractivity contribution in [1.29, 1.82) is 0 Å². The fraction of sp³-hybridized carbons (Fsp3) is 0. The van der Waals surface area contributed by atoms with Crippen molar-refractivity contribution in [2.75, 3.05) is 10.2 Å². The second-order valence-corrected chi connectivity index (χ2v) is 6.67. The molecule has 1 aliphatic rings. The normalized spacial score (nSPS) is 12.6. The van der Waals surface area contributed by atoms with Gasteiger partial charge in [0.25, 0.3) is 17.7 Å². The number of phenolic OH excluding ortho intramolecular Hbond substituents is 1. The van der Waals surface area contributed by atoms with Gasteiger partial charge in [0.05, 0.1) is 28.1 Å². The monoisotopic (exact) mass is 420 g/mol. The van der Waals surface area contributed by atoms with Crippen LogP contribution in [0.2, 0.25) is 0 Å². The molecule has 0 bridgehead atoms. The number of phenols is 1. The minimum Gasteiger partial charge on any atom is -0.506 e. The standard InChI is InChI=1S/C22H13FN2O6/c23-13-3-5-14(6-4-13)25-20(28)15-7-1-11(9-16(15)21(25)29)19(27)24-17-10-12(22(30)31)2-8-18(17)26/h1-10,26H,(H,24,27)(H,30,31). The number of carboxylic acids is 1. The molecule has 3 aromatic carbocycles. The maximum absolute atomic E-state index is 13.2. The van der Waals surface area contributed by atoms with E-state index >= 15 is 0 Å². The molecule has 0 radical (unpaired) electrons. The molecule has 3 amide bonds. The molecule has 154 valence electrons. The van der Waals surface area contributed by atoms with Crippen LogP contribution < -0.4 is 10.2 Å². The van der Waals surface area contributed by atoms with E-state index in [1.807, 2.05) is 0 Å². The van der Waals surface area contributed by atoms with Gasteiger partial charge in [-0.15, -0.1) is 0 Å². The number of halogens is 1. The zero-order valence-electron chi connectivity index (χ0n) is 15.6. The third-order valence-corrected chi connectivity index (χ3v) is 4.73. The van der Waals surface area contributed by atoms with Crippen LogP contribution >= 0.6 is 0 Å². The largest absolute Gasteiger partial charge is 0.506 e. The molecule has 0 aliphatic carbocycles. The zero-order chi connectivity index (χ0) is 22.3. The van der Waals surface area contributed by atoms with Crippen LogP contribution in [0.15, 0.2) is 60.7 Å². The molecule has 0 unspecified atom stereocenters. The first kappa shape index (κ1) is 19.8. The van der Waals surface area contributed by atoms with Gasteiger partial charge in [-0.25, -0.2) is 14.1 Å². The lowest BCUT2D eigenvalue weighted by molar-refractivity contribution is 0.0696. The van der Waals surface area contributed by atoms with Crippen LogP contribution in [0, 0.1) is 5.82 Å². The number of hydrogen-bond acceptors (Lipinski definition) is 5. The van der Waals surface area contributed by atoms with E-state index < -0.39 is 29.5 Å². The van der Waals surface area contributed by atoms with Crippen molar-refractivity contribution in [1.82, 2.24) is 0 Å². The number of aromatic carboxylic acids is 1. The Balaban J connectivity index is 1.63. The smallest absolute Gasteiger partial charge is 0.335 e. The second-order valence-electron chi connectivity index (χ2n) is 6.67. The lowest BCUT2D eigenvalue weighted by Crippen LogP contribution is -2.29. The summed E-state index contributed by atoms with van der Waals surface area (Å²) in [4.78, 5) is 50.0. The number of carbonyl (C=O) groups excluding carboxylic acids is 3. The highest BCUT2D eigenvalue weighted by Crippen LogP contribution is 2.30.